The van der Waals surface area contributed by atoms with Crippen LogP contribution in [0.4, 0.5) is 16.3 Å². The molecule has 1 atom stereocenters. The molecule has 2 amide bonds. The van der Waals surface area contributed by atoms with Gasteiger partial charge in [-0.1, -0.05) is 23.4 Å². The Morgan fingerprint density at radius 1 is 1.30 bits per heavy atom. The zero-order valence-electron chi connectivity index (χ0n) is 15.1. The van der Waals surface area contributed by atoms with E-state index < -0.39 is 15.3 Å². The summed E-state index contributed by atoms with van der Waals surface area (Å²) in [6.45, 7) is 2.89. The third-order valence-corrected chi connectivity index (χ3v) is 7.32. The van der Waals surface area contributed by atoms with Gasteiger partial charge in [-0.15, -0.1) is 0 Å². The minimum absolute atomic E-state index is 0.170. The van der Waals surface area contributed by atoms with Crippen molar-refractivity contribution in [2.45, 2.75) is 31.4 Å². The number of aromatic nitrogens is 1. The van der Waals surface area contributed by atoms with Crippen LogP contribution in [0.3, 0.4) is 0 Å². The highest BCUT2D eigenvalue weighted by atomic mass is 32.2. The highest BCUT2D eigenvalue weighted by Gasteiger charge is 2.39. The normalized spacial score (nSPS) is 19.8. The Bertz CT molecular complexity index is 956. The van der Waals surface area contributed by atoms with Gasteiger partial charge in [0.2, 0.25) is 10.0 Å². The molecule has 144 valence electrons. The van der Waals surface area contributed by atoms with Gasteiger partial charge >= 0.3 is 6.03 Å². The first-order valence-corrected chi connectivity index (χ1v) is 10.5. The molecule has 1 N–H and O–H groups in total. The zero-order chi connectivity index (χ0) is 19.0. The Balaban J connectivity index is 1.48. The number of hydrogen-bond acceptors (Lipinski definition) is 5. The summed E-state index contributed by atoms with van der Waals surface area (Å²) in [6, 6.07) is 8.85. The first kappa shape index (κ1) is 17.8. The Hall–Kier alpha value is -2.55. The van der Waals surface area contributed by atoms with Crippen molar-refractivity contribution in [2.75, 3.05) is 29.3 Å². The van der Waals surface area contributed by atoms with Gasteiger partial charge in [-0.2, -0.15) is 0 Å². The van der Waals surface area contributed by atoms with Gasteiger partial charge in [0, 0.05) is 25.7 Å². The van der Waals surface area contributed by atoms with E-state index in [2.05, 4.69) is 10.5 Å². The van der Waals surface area contributed by atoms with Crippen LogP contribution < -0.4 is 9.62 Å². The molecule has 0 saturated carbocycles. The lowest BCUT2D eigenvalue weighted by Gasteiger charge is -2.34. The third-order valence-electron chi connectivity index (χ3n) is 5.10. The molecule has 1 saturated heterocycles. The van der Waals surface area contributed by atoms with Crippen LogP contribution in [0.5, 0.6) is 0 Å². The highest BCUT2D eigenvalue weighted by Crippen LogP contribution is 2.33. The first-order valence-electron chi connectivity index (χ1n) is 9.04. The lowest BCUT2D eigenvalue weighted by Crippen LogP contribution is -2.50. The van der Waals surface area contributed by atoms with Crippen LogP contribution in [-0.2, 0) is 16.4 Å². The van der Waals surface area contributed by atoms with Crippen molar-refractivity contribution in [1.29, 1.82) is 0 Å². The molecule has 0 aliphatic carbocycles. The fourth-order valence-corrected chi connectivity index (χ4v) is 5.72. The maximum Gasteiger partial charge on any atom is 0.323 e. The van der Waals surface area contributed by atoms with E-state index in [1.54, 1.807) is 13.0 Å². The van der Waals surface area contributed by atoms with Gasteiger partial charge in [0.1, 0.15) is 5.76 Å². The summed E-state index contributed by atoms with van der Waals surface area (Å²) >= 11 is 0. The number of carbonyl (C=O) groups is 1. The Morgan fingerprint density at radius 3 is 2.89 bits per heavy atom. The van der Waals surface area contributed by atoms with Crippen LogP contribution in [-0.4, -0.2) is 49.4 Å². The predicted molar refractivity (Wildman–Crippen MR) is 101 cm³/mol. The van der Waals surface area contributed by atoms with Crippen LogP contribution >= 0.6 is 0 Å². The Labute approximate surface area is 158 Å². The summed E-state index contributed by atoms with van der Waals surface area (Å²) in [5.41, 5.74) is 1.81. The van der Waals surface area contributed by atoms with E-state index in [0.717, 1.165) is 17.7 Å². The van der Waals surface area contributed by atoms with Crippen LogP contribution in [0, 0.1) is 6.92 Å². The molecule has 1 aromatic carbocycles. The van der Waals surface area contributed by atoms with E-state index in [1.807, 2.05) is 24.3 Å². The zero-order valence-corrected chi connectivity index (χ0v) is 15.9. The lowest BCUT2D eigenvalue weighted by atomic mass is 10.1. The summed E-state index contributed by atoms with van der Waals surface area (Å²) in [5.74, 6) is 0.924. The second-order valence-corrected chi connectivity index (χ2v) is 9.10. The number of nitrogens with one attached hydrogen (secondary N) is 1. The smallest absolute Gasteiger partial charge is 0.323 e. The number of sulfonamides is 1. The van der Waals surface area contributed by atoms with Crippen molar-refractivity contribution >= 4 is 27.6 Å². The molecule has 8 nitrogen and oxygen atoms in total. The number of amides is 2. The number of hydrogen-bond donors (Lipinski definition) is 1. The third kappa shape index (κ3) is 3.39. The summed E-state index contributed by atoms with van der Waals surface area (Å²) in [4.78, 5) is 14.0. The van der Waals surface area contributed by atoms with E-state index in [9.17, 15) is 13.2 Å². The second-order valence-electron chi connectivity index (χ2n) is 6.96. The van der Waals surface area contributed by atoms with Crippen LogP contribution in [0.2, 0.25) is 0 Å². The van der Waals surface area contributed by atoms with Crippen molar-refractivity contribution in [3.8, 4) is 0 Å². The number of fused-ring (bicyclic) bond motifs is 1. The molecule has 2 aliphatic heterocycles. The van der Waals surface area contributed by atoms with Gasteiger partial charge in [0.15, 0.2) is 5.82 Å². The van der Waals surface area contributed by atoms with Crippen molar-refractivity contribution in [3.63, 3.8) is 0 Å². The van der Waals surface area contributed by atoms with Crippen molar-refractivity contribution < 1.29 is 17.7 Å². The summed E-state index contributed by atoms with van der Waals surface area (Å²) in [5, 5.41) is 5.80. The van der Waals surface area contributed by atoms with Crippen LogP contribution in [0.1, 0.15) is 24.2 Å². The van der Waals surface area contributed by atoms with E-state index in [0.29, 0.717) is 37.5 Å². The topological polar surface area (TPSA) is 95.8 Å². The number of nitrogens with zero attached hydrogens (tertiary/aromatic N) is 3. The molecule has 0 bridgehead atoms. The molecule has 1 fully saturated rings. The highest BCUT2D eigenvalue weighted by molar-refractivity contribution is 7.93. The van der Waals surface area contributed by atoms with Gasteiger partial charge < -0.3 is 9.42 Å². The lowest BCUT2D eigenvalue weighted by molar-refractivity contribution is 0.200. The largest absolute Gasteiger partial charge is 0.360 e. The molecule has 3 heterocycles. The number of aryl methyl sites for hydroxylation is 1. The minimum atomic E-state index is -3.53. The molecule has 2 aliphatic rings. The molecule has 1 aromatic heterocycles. The number of likely N-dealkylation sites (tertiary alicyclic amines) is 1. The maximum absolute atomic E-state index is 13.2. The Kier molecular flexibility index (Phi) is 4.55. The molecule has 0 radical (unpaired) electrons. The number of rotatable bonds is 3. The predicted octanol–water partition coefficient (Wildman–Crippen LogP) is 2.37. The standard InChI is InChI=1S/C18H22N4O4S/c1-13-11-17(20-26-13)19-18(23)21-9-4-6-15(12-21)27(24,25)22-10-8-14-5-2-3-7-16(14)22/h2-3,5,7,11,15H,4,6,8-10,12H2,1H3,(H,19,20,23). The molecular formula is C18H22N4O4S. The second kappa shape index (κ2) is 6.88. The van der Waals surface area contributed by atoms with Gasteiger partial charge in [-0.3, -0.25) is 9.62 Å². The number of anilines is 2. The number of carbonyl (C=O) groups excluding carboxylic acids is 1. The van der Waals surface area contributed by atoms with Gasteiger partial charge in [-0.05, 0) is 37.8 Å². The van der Waals surface area contributed by atoms with Gasteiger partial charge in [-0.25, -0.2) is 13.2 Å². The van der Waals surface area contributed by atoms with E-state index in [4.69, 9.17) is 4.52 Å². The molecule has 0 spiro atoms. The quantitative estimate of drug-likeness (QED) is 0.868. The average molecular weight is 390 g/mol. The maximum atomic E-state index is 13.2. The van der Waals surface area contributed by atoms with Gasteiger partial charge in [0.05, 0.1) is 10.9 Å². The van der Waals surface area contributed by atoms with Crippen LogP contribution in [0.25, 0.3) is 0 Å². The van der Waals surface area contributed by atoms with Crippen molar-refractivity contribution in [2.24, 2.45) is 0 Å². The van der Waals surface area contributed by atoms with Crippen LogP contribution in [0.15, 0.2) is 34.9 Å². The van der Waals surface area contributed by atoms with E-state index in [-0.39, 0.29) is 12.6 Å². The summed E-state index contributed by atoms with van der Waals surface area (Å²) in [7, 11) is -3.53. The fraction of sp³-hybridized carbons (Fsp3) is 0.444. The number of urea groups is 1. The molecule has 2 aromatic rings. The number of para-hydroxylation sites is 1. The van der Waals surface area contributed by atoms with E-state index in [1.165, 1.54) is 9.21 Å². The average Bonchev–Trinajstić information content (AvgIpc) is 3.28. The van der Waals surface area contributed by atoms with E-state index >= 15 is 0 Å². The summed E-state index contributed by atoms with van der Waals surface area (Å²) < 4.78 is 32.9. The first-order chi connectivity index (χ1) is 12.9. The summed E-state index contributed by atoms with van der Waals surface area (Å²) in [6.07, 6.45) is 1.91. The number of piperidine rings is 1. The van der Waals surface area contributed by atoms with Gasteiger partial charge in [0.25, 0.3) is 0 Å². The number of benzene rings is 1. The molecule has 27 heavy (non-hydrogen) atoms. The molecule has 9 heteroatoms. The monoisotopic (exact) mass is 390 g/mol. The fourth-order valence-electron chi connectivity index (χ4n) is 3.73. The minimum Gasteiger partial charge on any atom is -0.360 e. The van der Waals surface area contributed by atoms with Crippen molar-refractivity contribution in [3.05, 3.63) is 41.7 Å². The SMILES string of the molecule is Cc1cc(NC(=O)N2CCCC(S(=O)(=O)N3CCc4ccccc43)C2)no1. The Morgan fingerprint density at radius 2 is 2.11 bits per heavy atom. The molecular weight excluding hydrogens is 368 g/mol. The molecule has 4 rings (SSSR count). The molecule has 1 unspecified atom stereocenters. The van der Waals surface area contributed by atoms with Crippen molar-refractivity contribution in [1.82, 2.24) is 10.1 Å².